The molecule has 1 rings (SSSR count). The van der Waals surface area contributed by atoms with Crippen LogP contribution in [0.2, 0.25) is 5.02 Å². The predicted molar refractivity (Wildman–Crippen MR) is 65.3 cm³/mol. The van der Waals surface area contributed by atoms with E-state index in [1.165, 1.54) is 9.24 Å². The summed E-state index contributed by atoms with van der Waals surface area (Å²) in [6, 6.07) is 4.95. The first-order valence-electron chi connectivity index (χ1n) is 4.92. The second-order valence-corrected chi connectivity index (χ2v) is 5.11. The van der Waals surface area contributed by atoms with Gasteiger partial charge >= 0.3 is 5.85 Å². The molecule has 16 heavy (non-hydrogen) atoms. The normalized spacial score (nSPS) is 11.9. The monoisotopic (exact) mass is 266 g/mol. The van der Waals surface area contributed by atoms with Crippen molar-refractivity contribution in [2.75, 3.05) is 0 Å². The lowest BCUT2D eigenvalue weighted by Crippen LogP contribution is -2.15. The first kappa shape index (κ1) is 13.7. The van der Waals surface area contributed by atoms with Crippen molar-refractivity contribution >= 4 is 20.8 Å². The van der Waals surface area contributed by atoms with Gasteiger partial charge in [-0.2, -0.15) is 8.78 Å². The van der Waals surface area contributed by atoms with Crippen molar-refractivity contribution in [3.8, 4) is 5.75 Å². The zero-order valence-electron chi connectivity index (χ0n) is 9.14. The molecule has 0 amide bonds. The van der Waals surface area contributed by atoms with Gasteiger partial charge in [-0.1, -0.05) is 31.5 Å². The van der Waals surface area contributed by atoms with Crippen molar-refractivity contribution in [3.05, 3.63) is 28.8 Å². The Hall–Kier alpha value is -0.400. The van der Waals surface area contributed by atoms with Gasteiger partial charge in [-0.05, 0) is 39.3 Å². The first-order chi connectivity index (χ1) is 7.28. The van der Waals surface area contributed by atoms with Crippen LogP contribution in [0, 0.1) is 5.92 Å². The molecule has 0 heterocycles. The summed E-state index contributed by atoms with van der Waals surface area (Å²) in [6.07, 6.45) is 0.802. The number of ether oxygens (including phenoxy) is 1. The summed E-state index contributed by atoms with van der Waals surface area (Å²) in [5.41, 5.74) is 0.934. The maximum Gasteiger partial charge on any atom is 0.408 e. The third-order valence-electron chi connectivity index (χ3n) is 1.89. The summed E-state index contributed by atoms with van der Waals surface area (Å²) < 4.78 is 29.8. The van der Waals surface area contributed by atoms with E-state index >= 15 is 0 Å². The van der Waals surface area contributed by atoms with E-state index in [4.69, 9.17) is 11.6 Å². The summed E-state index contributed by atoms with van der Waals surface area (Å²) in [4.78, 5) is 0. The van der Waals surface area contributed by atoms with Crippen molar-refractivity contribution < 1.29 is 13.5 Å². The van der Waals surface area contributed by atoms with E-state index in [-0.39, 0.29) is 10.8 Å². The topological polar surface area (TPSA) is 9.23 Å². The standard InChI is InChI=1S/C11H14ClF2OP/c1-7(2)5-8-3-4-9(12)10(6-8)15-11(13,14)16/h3-4,6-7H,5,16H2,1-2H3. The molecule has 0 fully saturated rings. The Morgan fingerprint density at radius 3 is 2.56 bits per heavy atom. The van der Waals surface area contributed by atoms with Gasteiger partial charge in [0.2, 0.25) is 0 Å². The lowest BCUT2D eigenvalue weighted by atomic mass is 10.0. The Kier molecular flexibility index (Phi) is 4.52. The average Bonchev–Trinajstić information content (AvgIpc) is 2.07. The third-order valence-corrected chi connectivity index (χ3v) is 2.32. The van der Waals surface area contributed by atoms with E-state index in [1.807, 2.05) is 6.07 Å². The Morgan fingerprint density at radius 2 is 2.06 bits per heavy atom. The van der Waals surface area contributed by atoms with Crippen molar-refractivity contribution in [2.45, 2.75) is 26.1 Å². The molecule has 0 aliphatic heterocycles. The highest BCUT2D eigenvalue weighted by Gasteiger charge is 2.24. The second kappa shape index (κ2) is 5.29. The Bertz CT molecular complexity index is 363. The average molecular weight is 267 g/mol. The van der Waals surface area contributed by atoms with E-state index in [1.54, 1.807) is 12.1 Å². The summed E-state index contributed by atoms with van der Waals surface area (Å²) in [7, 11) is 1.32. The van der Waals surface area contributed by atoms with Crippen molar-refractivity contribution in [2.24, 2.45) is 5.92 Å². The largest absolute Gasteiger partial charge is 0.428 e. The molecule has 1 aromatic carbocycles. The lowest BCUT2D eigenvalue weighted by Gasteiger charge is -2.15. The van der Waals surface area contributed by atoms with Crippen molar-refractivity contribution in [1.29, 1.82) is 0 Å². The number of hydrogen-bond donors (Lipinski definition) is 0. The second-order valence-electron chi connectivity index (χ2n) is 4.03. The van der Waals surface area contributed by atoms with Gasteiger partial charge in [0, 0.05) is 0 Å². The van der Waals surface area contributed by atoms with Crippen LogP contribution in [-0.4, -0.2) is 5.85 Å². The Morgan fingerprint density at radius 1 is 1.44 bits per heavy atom. The molecule has 1 atom stereocenters. The molecule has 0 bridgehead atoms. The molecule has 5 heteroatoms. The molecular weight excluding hydrogens is 253 g/mol. The molecule has 0 aliphatic rings. The summed E-state index contributed by atoms with van der Waals surface area (Å²) in [5, 5.41) is 0.189. The molecule has 0 aromatic heterocycles. The minimum atomic E-state index is -3.29. The van der Waals surface area contributed by atoms with Gasteiger partial charge in [-0.3, -0.25) is 0 Å². The smallest absolute Gasteiger partial charge is 0.408 e. The highest BCUT2D eigenvalue weighted by atomic mass is 35.5. The molecule has 1 aromatic rings. The highest BCUT2D eigenvalue weighted by Crippen LogP contribution is 2.33. The minimum Gasteiger partial charge on any atom is -0.428 e. The first-order valence-corrected chi connectivity index (χ1v) is 5.87. The molecule has 0 saturated carbocycles. The van der Waals surface area contributed by atoms with E-state index in [0.717, 1.165) is 12.0 Å². The minimum absolute atomic E-state index is 0.0137. The molecule has 0 spiro atoms. The molecular formula is C11H14ClF2OP. The van der Waals surface area contributed by atoms with Crippen LogP contribution in [0.4, 0.5) is 8.78 Å². The fourth-order valence-corrected chi connectivity index (χ4v) is 1.65. The van der Waals surface area contributed by atoms with Crippen LogP contribution in [0.3, 0.4) is 0 Å². The van der Waals surface area contributed by atoms with Gasteiger partial charge < -0.3 is 4.74 Å². The van der Waals surface area contributed by atoms with E-state index in [9.17, 15) is 8.78 Å². The fraction of sp³-hybridized carbons (Fsp3) is 0.455. The van der Waals surface area contributed by atoms with Crippen LogP contribution in [0.25, 0.3) is 0 Å². The van der Waals surface area contributed by atoms with E-state index in [0.29, 0.717) is 5.92 Å². The zero-order valence-corrected chi connectivity index (χ0v) is 11.0. The van der Waals surface area contributed by atoms with Gasteiger partial charge in [-0.25, -0.2) is 0 Å². The van der Waals surface area contributed by atoms with Gasteiger partial charge in [0.25, 0.3) is 0 Å². The summed E-state index contributed by atoms with van der Waals surface area (Å²) in [6.45, 7) is 4.11. The summed E-state index contributed by atoms with van der Waals surface area (Å²) in [5.74, 6) is -2.83. The third kappa shape index (κ3) is 4.63. The number of alkyl halides is 2. The molecule has 0 N–H and O–H groups in total. The fourth-order valence-electron chi connectivity index (χ4n) is 1.37. The van der Waals surface area contributed by atoms with Crippen molar-refractivity contribution in [1.82, 2.24) is 0 Å². The molecule has 0 radical (unpaired) electrons. The predicted octanol–water partition coefficient (Wildman–Crippen LogP) is 4.34. The molecule has 0 aliphatic carbocycles. The SMILES string of the molecule is CC(C)Cc1ccc(Cl)c(OC(F)(F)P)c1. The zero-order chi connectivity index (χ0) is 12.3. The van der Waals surface area contributed by atoms with Crippen LogP contribution >= 0.6 is 20.8 Å². The maximum absolute atomic E-state index is 12.7. The number of hydrogen-bond acceptors (Lipinski definition) is 1. The highest BCUT2D eigenvalue weighted by molar-refractivity contribution is 7.17. The van der Waals surface area contributed by atoms with Gasteiger partial charge in [0.15, 0.2) is 0 Å². The van der Waals surface area contributed by atoms with Gasteiger partial charge in [0.05, 0.1) is 5.02 Å². The van der Waals surface area contributed by atoms with E-state index in [2.05, 4.69) is 18.6 Å². The van der Waals surface area contributed by atoms with Crippen molar-refractivity contribution in [3.63, 3.8) is 0 Å². The molecule has 0 saturated heterocycles. The summed E-state index contributed by atoms with van der Waals surface area (Å²) >= 11 is 5.77. The number of halogens is 3. The van der Waals surface area contributed by atoms with Crippen LogP contribution in [0.1, 0.15) is 19.4 Å². The van der Waals surface area contributed by atoms with Gasteiger partial charge in [-0.15, -0.1) is 0 Å². The number of rotatable bonds is 4. The molecule has 1 unspecified atom stereocenters. The quantitative estimate of drug-likeness (QED) is 0.737. The maximum atomic E-state index is 12.7. The lowest BCUT2D eigenvalue weighted by molar-refractivity contribution is -0.0892. The van der Waals surface area contributed by atoms with Crippen LogP contribution in [0.15, 0.2) is 18.2 Å². The van der Waals surface area contributed by atoms with Gasteiger partial charge in [0.1, 0.15) is 5.75 Å². The molecule has 90 valence electrons. The Balaban J connectivity index is 2.90. The number of benzene rings is 1. The van der Waals surface area contributed by atoms with Crippen LogP contribution < -0.4 is 4.74 Å². The Labute approximate surface area is 101 Å². The van der Waals surface area contributed by atoms with Crippen LogP contribution in [0.5, 0.6) is 5.75 Å². The molecule has 1 nitrogen and oxygen atoms in total. The van der Waals surface area contributed by atoms with Crippen LogP contribution in [-0.2, 0) is 6.42 Å². The van der Waals surface area contributed by atoms with E-state index < -0.39 is 5.85 Å².